The quantitative estimate of drug-likeness (QED) is 0.651. The number of hydrogen-bond acceptors (Lipinski definition) is 4. The fourth-order valence-corrected chi connectivity index (χ4v) is 2.00. The zero-order valence-electron chi connectivity index (χ0n) is 12.8. The van der Waals surface area contributed by atoms with Gasteiger partial charge < -0.3 is 22.9 Å². The Morgan fingerprint density at radius 3 is 1.86 bits per heavy atom. The molecule has 4 nitrogen and oxygen atoms in total. The van der Waals surface area contributed by atoms with E-state index in [0.717, 1.165) is 22.5 Å². The van der Waals surface area contributed by atoms with Gasteiger partial charge in [-0.2, -0.15) is 0 Å². The molecule has 0 aromatic heterocycles. The number of nitrogens with two attached hydrogens (primary N) is 4. The van der Waals surface area contributed by atoms with Gasteiger partial charge in [-0.25, -0.2) is 0 Å². The number of anilines is 2. The predicted octanol–water partition coefficient (Wildman–Crippen LogP) is 2.58. The van der Waals surface area contributed by atoms with E-state index in [4.69, 9.17) is 22.9 Å². The van der Waals surface area contributed by atoms with Crippen molar-refractivity contribution in [1.82, 2.24) is 0 Å². The molecular weight excluding hydrogens is 260 g/mol. The second-order valence-corrected chi connectivity index (χ2v) is 5.27. The molecule has 0 aliphatic heterocycles. The second-order valence-electron chi connectivity index (χ2n) is 5.27. The van der Waals surface area contributed by atoms with Gasteiger partial charge in [-0.3, -0.25) is 0 Å². The maximum Gasteiger partial charge on any atom is 0.0369 e. The minimum absolute atomic E-state index is 0.468. The summed E-state index contributed by atoms with van der Waals surface area (Å²) in [6, 6.07) is 13.7. The third-order valence-electron chi connectivity index (χ3n) is 3.20. The first-order valence-corrected chi connectivity index (χ1v) is 7.10. The first-order valence-electron chi connectivity index (χ1n) is 7.10. The molecule has 0 aliphatic carbocycles. The monoisotopic (exact) mass is 286 g/mol. The van der Waals surface area contributed by atoms with Crippen LogP contribution in [0.1, 0.15) is 36.5 Å². The predicted molar refractivity (Wildman–Crippen MR) is 91.6 cm³/mol. The molecule has 2 rings (SSSR count). The van der Waals surface area contributed by atoms with Gasteiger partial charge >= 0.3 is 0 Å². The van der Waals surface area contributed by atoms with Crippen molar-refractivity contribution in [2.24, 2.45) is 11.5 Å². The average Bonchev–Trinajstić information content (AvgIpc) is 2.47. The summed E-state index contributed by atoms with van der Waals surface area (Å²) in [7, 11) is 0. The van der Waals surface area contributed by atoms with Gasteiger partial charge in [0.2, 0.25) is 0 Å². The van der Waals surface area contributed by atoms with Crippen molar-refractivity contribution in [3.8, 4) is 0 Å². The van der Waals surface area contributed by atoms with E-state index in [1.54, 1.807) is 6.07 Å². The molecule has 0 bridgehead atoms. The lowest BCUT2D eigenvalue weighted by atomic mass is 10.0. The molecule has 4 heteroatoms. The van der Waals surface area contributed by atoms with E-state index >= 15 is 0 Å². The van der Waals surface area contributed by atoms with Crippen LogP contribution in [0.5, 0.6) is 0 Å². The highest BCUT2D eigenvalue weighted by atomic mass is 14.6. The molecule has 0 heterocycles. The minimum atomic E-state index is 0.468. The summed E-state index contributed by atoms with van der Waals surface area (Å²) in [6.45, 7) is 5.41. The lowest BCUT2D eigenvalue weighted by Crippen LogP contribution is -2.00. The number of benzene rings is 2. The van der Waals surface area contributed by atoms with Crippen LogP contribution in [0.15, 0.2) is 42.5 Å². The maximum absolute atomic E-state index is 5.74. The molecule has 0 saturated carbocycles. The van der Waals surface area contributed by atoms with Gasteiger partial charge in [0.15, 0.2) is 0 Å². The Morgan fingerprint density at radius 2 is 1.43 bits per heavy atom. The molecular formula is C17H26N4. The van der Waals surface area contributed by atoms with Crippen LogP contribution in [0, 0.1) is 0 Å². The molecule has 0 spiro atoms. The fourth-order valence-electron chi connectivity index (χ4n) is 2.00. The average molecular weight is 286 g/mol. The van der Waals surface area contributed by atoms with Crippen molar-refractivity contribution in [2.75, 3.05) is 11.5 Å². The summed E-state index contributed by atoms with van der Waals surface area (Å²) in [4.78, 5) is 0. The molecule has 21 heavy (non-hydrogen) atoms. The Kier molecular flexibility index (Phi) is 6.72. The van der Waals surface area contributed by atoms with Gasteiger partial charge in [0.1, 0.15) is 0 Å². The Bertz CT molecular complexity index is 545. The summed E-state index contributed by atoms with van der Waals surface area (Å²) in [5, 5.41) is 0. The van der Waals surface area contributed by atoms with Gasteiger partial charge in [0.05, 0.1) is 0 Å². The Hall–Kier alpha value is -2.04. The Balaban J connectivity index is 0.000000211. The summed E-state index contributed by atoms with van der Waals surface area (Å²) >= 11 is 0. The van der Waals surface area contributed by atoms with Crippen molar-refractivity contribution in [3.05, 3.63) is 59.2 Å². The van der Waals surface area contributed by atoms with Crippen molar-refractivity contribution in [3.63, 3.8) is 0 Å². The number of hydrogen-bond donors (Lipinski definition) is 4. The summed E-state index contributed by atoms with van der Waals surface area (Å²) in [6.07, 6.45) is 0. The molecule has 0 radical (unpaired) electrons. The van der Waals surface area contributed by atoms with Crippen LogP contribution in [-0.2, 0) is 13.1 Å². The molecule has 0 amide bonds. The van der Waals surface area contributed by atoms with E-state index in [1.165, 1.54) is 5.56 Å². The number of nitrogen functional groups attached to an aromatic ring is 2. The summed E-state index contributed by atoms with van der Waals surface area (Å²) in [5.41, 5.74) is 27.1. The van der Waals surface area contributed by atoms with E-state index in [1.807, 2.05) is 36.4 Å². The minimum Gasteiger partial charge on any atom is -0.399 e. The lowest BCUT2D eigenvalue weighted by molar-refractivity contribution is 0.870. The van der Waals surface area contributed by atoms with Crippen molar-refractivity contribution >= 4 is 11.4 Å². The molecule has 8 N–H and O–H groups in total. The van der Waals surface area contributed by atoms with E-state index in [2.05, 4.69) is 13.8 Å². The fraction of sp³-hybridized carbons (Fsp3) is 0.294. The van der Waals surface area contributed by atoms with Crippen LogP contribution < -0.4 is 22.9 Å². The van der Waals surface area contributed by atoms with Crippen molar-refractivity contribution in [1.29, 1.82) is 0 Å². The van der Waals surface area contributed by atoms with Gasteiger partial charge in [-0.05, 0) is 34.7 Å². The van der Waals surface area contributed by atoms with Crippen LogP contribution in [0.2, 0.25) is 0 Å². The Labute approximate surface area is 127 Å². The highest BCUT2D eigenvalue weighted by Gasteiger charge is 2.02. The molecule has 0 aliphatic rings. The SMILES string of the molecule is CC(C)c1ccc(N)cc1N.NCc1cccc(CN)c1. The molecule has 0 atom stereocenters. The van der Waals surface area contributed by atoms with E-state index in [-0.39, 0.29) is 0 Å². The normalized spacial score (nSPS) is 10.1. The molecule has 0 unspecified atom stereocenters. The van der Waals surface area contributed by atoms with E-state index in [9.17, 15) is 0 Å². The van der Waals surface area contributed by atoms with Crippen LogP contribution in [0.4, 0.5) is 11.4 Å². The highest BCUT2D eigenvalue weighted by molar-refractivity contribution is 5.57. The largest absolute Gasteiger partial charge is 0.399 e. The summed E-state index contributed by atoms with van der Waals surface area (Å²) < 4.78 is 0. The molecule has 2 aromatic rings. The lowest BCUT2D eigenvalue weighted by Gasteiger charge is -2.08. The molecule has 0 saturated heterocycles. The van der Waals surface area contributed by atoms with Crippen LogP contribution in [0.3, 0.4) is 0 Å². The van der Waals surface area contributed by atoms with Crippen LogP contribution in [-0.4, -0.2) is 0 Å². The van der Waals surface area contributed by atoms with Crippen molar-refractivity contribution in [2.45, 2.75) is 32.9 Å². The van der Waals surface area contributed by atoms with Crippen LogP contribution in [0.25, 0.3) is 0 Å². The number of rotatable bonds is 3. The molecule has 114 valence electrons. The van der Waals surface area contributed by atoms with Crippen molar-refractivity contribution < 1.29 is 0 Å². The third kappa shape index (κ3) is 5.45. The second kappa shape index (κ2) is 8.29. The third-order valence-corrected chi connectivity index (χ3v) is 3.20. The first-order chi connectivity index (χ1) is 9.97. The topological polar surface area (TPSA) is 104 Å². The van der Waals surface area contributed by atoms with E-state index in [0.29, 0.717) is 19.0 Å². The molecule has 0 fully saturated rings. The summed E-state index contributed by atoms with van der Waals surface area (Å²) in [5.74, 6) is 0.468. The van der Waals surface area contributed by atoms with E-state index < -0.39 is 0 Å². The van der Waals surface area contributed by atoms with Crippen LogP contribution >= 0.6 is 0 Å². The first kappa shape index (κ1) is 17.0. The standard InChI is InChI=1S/C9H14N2.C8H12N2/c1-6(2)8-4-3-7(10)5-9(8)11;9-5-7-2-1-3-8(4-7)6-10/h3-6H,10-11H2,1-2H3;1-4H,5-6,9-10H2. The Morgan fingerprint density at radius 1 is 0.857 bits per heavy atom. The van der Waals surface area contributed by atoms with Gasteiger partial charge in [-0.15, -0.1) is 0 Å². The maximum atomic E-state index is 5.74. The molecule has 2 aromatic carbocycles. The van der Waals surface area contributed by atoms with Gasteiger partial charge in [0.25, 0.3) is 0 Å². The highest BCUT2D eigenvalue weighted by Crippen LogP contribution is 2.23. The zero-order chi connectivity index (χ0) is 15.8. The smallest absolute Gasteiger partial charge is 0.0369 e. The zero-order valence-corrected chi connectivity index (χ0v) is 12.8. The van der Waals surface area contributed by atoms with Gasteiger partial charge in [-0.1, -0.05) is 44.2 Å². The van der Waals surface area contributed by atoms with Gasteiger partial charge in [0, 0.05) is 24.5 Å².